The molecule has 0 atom stereocenters. The fourth-order valence-electron chi connectivity index (χ4n) is 1.27. The van der Waals surface area contributed by atoms with Gasteiger partial charge in [-0.25, -0.2) is 4.39 Å². The number of phenolic OH excluding ortho intramolecular Hbond substituents is 1. The van der Waals surface area contributed by atoms with Crippen LogP contribution in [0.15, 0.2) is 18.2 Å². The summed E-state index contributed by atoms with van der Waals surface area (Å²) in [5, 5.41) is 9.52. The van der Waals surface area contributed by atoms with Crippen LogP contribution < -0.4 is 0 Å². The molecule has 0 spiro atoms. The van der Waals surface area contributed by atoms with Gasteiger partial charge in [0, 0.05) is 6.07 Å². The molecule has 0 aliphatic heterocycles. The van der Waals surface area contributed by atoms with E-state index < -0.39 is 5.82 Å². The van der Waals surface area contributed by atoms with Gasteiger partial charge in [-0.3, -0.25) is 0 Å². The van der Waals surface area contributed by atoms with Gasteiger partial charge >= 0.3 is 0 Å². The van der Waals surface area contributed by atoms with Crippen molar-refractivity contribution < 1.29 is 9.50 Å². The number of phenols is 1. The van der Waals surface area contributed by atoms with Crippen molar-refractivity contribution in [3.8, 4) is 5.75 Å². The van der Waals surface area contributed by atoms with Gasteiger partial charge in [-0.15, -0.1) is 0 Å². The third-order valence-corrected chi connectivity index (χ3v) is 2.57. The second-order valence-electron chi connectivity index (χ2n) is 3.90. The predicted octanol–water partition coefficient (Wildman–Crippen LogP) is 3.22. The van der Waals surface area contributed by atoms with E-state index in [1.165, 1.54) is 6.07 Å². The number of halogens is 1. The molecule has 1 N–H and O–H groups in total. The summed E-state index contributed by atoms with van der Waals surface area (Å²) in [7, 11) is 0. The highest BCUT2D eigenvalue weighted by Crippen LogP contribution is 2.33. The molecule has 0 aromatic heterocycles. The molecule has 0 unspecified atom stereocenters. The molecule has 1 nitrogen and oxygen atoms in total. The van der Waals surface area contributed by atoms with Crippen LogP contribution in [0, 0.1) is 5.82 Å². The molecule has 0 aliphatic rings. The number of hydrogen-bond acceptors (Lipinski definition) is 1. The highest BCUT2D eigenvalue weighted by Gasteiger charge is 2.21. The van der Waals surface area contributed by atoms with Crippen LogP contribution in [0.3, 0.4) is 0 Å². The Hall–Kier alpha value is -1.05. The van der Waals surface area contributed by atoms with Gasteiger partial charge in [0.05, 0.1) is 0 Å². The van der Waals surface area contributed by atoms with Crippen LogP contribution in [-0.2, 0) is 5.41 Å². The summed E-state index contributed by atoms with van der Waals surface area (Å²) < 4.78 is 12.7. The molecule has 0 fully saturated rings. The first-order chi connectivity index (χ1) is 5.97. The van der Waals surface area contributed by atoms with E-state index in [1.54, 1.807) is 6.07 Å². The van der Waals surface area contributed by atoms with Crippen LogP contribution in [0.25, 0.3) is 0 Å². The van der Waals surface area contributed by atoms with Crippen molar-refractivity contribution in [1.82, 2.24) is 0 Å². The summed E-state index contributed by atoms with van der Waals surface area (Å²) in [5.74, 6) is -0.347. The minimum atomic E-state index is -0.395. The summed E-state index contributed by atoms with van der Waals surface area (Å²) in [6.07, 6.45) is 0.909. The Morgan fingerprint density at radius 3 is 2.46 bits per heavy atom. The topological polar surface area (TPSA) is 20.2 Å². The van der Waals surface area contributed by atoms with E-state index in [2.05, 4.69) is 0 Å². The molecule has 1 aromatic rings. The van der Waals surface area contributed by atoms with Crippen LogP contribution in [0.4, 0.5) is 4.39 Å². The molecular weight excluding hydrogens is 167 g/mol. The minimum absolute atomic E-state index is 0.0480. The molecule has 0 radical (unpaired) electrons. The van der Waals surface area contributed by atoms with Gasteiger partial charge < -0.3 is 5.11 Å². The molecule has 1 aromatic carbocycles. The van der Waals surface area contributed by atoms with Crippen molar-refractivity contribution in [2.45, 2.75) is 32.6 Å². The lowest BCUT2D eigenvalue weighted by atomic mass is 9.82. The predicted molar refractivity (Wildman–Crippen MR) is 51.4 cm³/mol. The number of hydrogen-bond donors (Lipinski definition) is 1. The Labute approximate surface area is 78.2 Å². The van der Waals surface area contributed by atoms with E-state index >= 15 is 0 Å². The van der Waals surface area contributed by atoms with Crippen molar-refractivity contribution in [2.75, 3.05) is 0 Å². The van der Waals surface area contributed by atoms with Gasteiger partial charge in [0.15, 0.2) is 0 Å². The lowest BCUT2D eigenvalue weighted by Gasteiger charge is -2.24. The first kappa shape index (κ1) is 10.0. The smallest absolute Gasteiger partial charge is 0.126 e. The summed E-state index contributed by atoms with van der Waals surface area (Å²) in [6.45, 7) is 6.10. The standard InChI is InChI=1S/C11H15FO/c1-4-11(2,3)9-6-5-8(12)7-10(9)13/h5-7,13H,4H2,1-3H3. The second-order valence-corrected chi connectivity index (χ2v) is 3.90. The van der Waals surface area contributed by atoms with E-state index in [0.717, 1.165) is 18.1 Å². The molecule has 0 heterocycles. The summed E-state index contributed by atoms with van der Waals surface area (Å²) in [6, 6.07) is 4.19. The summed E-state index contributed by atoms with van der Waals surface area (Å²) in [4.78, 5) is 0. The third kappa shape index (κ3) is 2.00. The van der Waals surface area contributed by atoms with Crippen LogP contribution in [-0.4, -0.2) is 5.11 Å². The van der Waals surface area contributed by atoms with E-state index in [1.807, 2.05) is 20.8 Å². The molecule has 13 heavy (non-hydrogen) atoms. The SMILES string of the molecule is CCC(C)(C)c1ccc(F)cc1O. The highest BCUT2D eigenvalue weighted by molar-refractivity contribution is 5.37. The maximum Gasteiger partial charge on any atom is 0.126 e. The lowest BCUT2D eigenvalue weighted by Crippen LogP contribution is -2.15. The third-order valence-electron chi connectivity index (χ3n) is 2.57. The first-order valence-corrected chi connectivity index (χ1v) is 4.46. The maximum absolute atomic E-state index is 12.7. The Bertz CT molecular complexity index is 305. The fourth-order valence-corrected chi connectivity index (χ4v) is 1.27. The zero-order valence-electron chi connectivity index (χ0n) is 8.26. The van der Waals surface area contributed by atoms with E-state index in [-0.39, 0.29) is 11.2 Å². The van der Waals surface area contributed by atoms with E-state index in [9.17, 15) is 9.50 Å². The summed E-state index contributed by atoms with van der Waals surface area (Å²) in [5.41, 5.74) is 0.703. The summed E-state index contributed by atoms with van der Waals surface area (Å²) >= 11 is 0. The molecule has 2 heteroatoms. The Morgan fingerprint density at radius 2 is 2.00 bits per heavy atom. The zero-order valence-corrected chi connectivity index (χ0v) is 8.26. The van der Waals surface area contributed by atoms with E-state index in [4.69, 9.17) is 0 Å². The second kappa shape index (κ2) is 3.36. The van der Waals surface area contributed by atoms with Crippen molar-refractivity contribution in [1.29, 1.82) is 0 Å². The molecule has 1 rings (SSSR count). The van der Waals surface area contributed by atoms with Gasteiger partial charge in [-0.05, 0) is 23.5 Å². The van der Waals surface area contributed by atoms with Crippen LogP contribution in [0.1, 0.15) is 32.8 Å². The molecule has 0 bridgehead atoms. The number of benzene rings is 1. The van der Waals surface area contributed by atoms with Gasteiger partial charge in [0.1, 0.15) is 11.6 Å². The molecule has 0 amide bonds. The molecular formula is C11H15FO. The van der Waals surface area contributed by atoms with Gasteiger partial charge in [0.2, 0.25) is 0 Å². The Kier molecular flexibility index (Phi) is 2.60. The zero-order chi connectivity index (χ0) is 10.1. The molecule has 0 aliphatic carbocycles. The van der Waals surface area contributed by atoms with Crippen LogP contribution >= 0.6 is 0 Å². The average molecular weight is 182 g/mol. The van der Waals surface area contributed by atoms with Gasteiger partial charge in [0.25, 0.3) is 0 Å². The normalized spacial score (nSPS) is 11.7. The Balaban J connectivity index is 3.16. The van der Waals surface area contributed by atoms with Crippen LogP contribution in [0.5, 0.6) is 5.75 Å². The van der Waals surface area contributed by atoms with E-state index in [0.29, 0.717) is 0 Å². The Morgan fingerprint density at radius 1 is 1.38 bits per heavy atom. The molecule has 0 saturated heterocycles. The number of aromatic hydroxyl groups is 1. The molecule has 0 saturated carbocycles. The molecule has 72 valence electrons. The quantitative estimate of drug-likeness (QED) is 0.744. The van der Waals surface area contributed by atoms with Crippen molar-refractivity contribution in [2.24, 2.45) is 0 Å². The highest BCUT2D eigenvalue weighted by atomic mass is 19.1. The maximum atomic E-state index is 12.7. The number of rotatable bonds is 2. The first-order valence-electron chi connectivity index (χ1n) is 4.46. The largest absolute Gasteiger partial charge is 0.508 e. The minimum Gasteiger partial charge on any atom is -0.508 e. The fraction of sp³-hybridized carbons (Fsp3) is 0.455. The van der Waals surface area contributed by atoms with Crippen molar-refractivity contribution >= 4 is 0 Å². The van der Waals surface area contributed by atoms with Crippen molar-refractivity contribution in [3.63, 3.8) is 0 Å². The van der Waals surface area contributed by atoms with Gasteiger partial charge in [-0.2, -0.15) is 0 Å². The van der Waals surface area contributed by atoms with Crippen LogP contribution in [0.2, 0.25) is 0 Å². The monoisotopic (exact) mass is 182 g/mol. The van der Waals surface area contributed by atoms with Crippen molar-refractivity contribution in [3.05, 3.63) is 29.6 Å². The average Bonchev–Trinajstić information content (AvgIpc) is 2.03. The lowest BCUT2D eigenvalue weighted by molar-refractivity contribution is 0.424. The van der Waals surface area contributed by atoms with Gasteiger partial charge in [-0.1, -0.05) is 26.8 Å².